The molecule has 1 aromatic heterocycles. The van der Waals surface area contributed by atoms with E-state index in [9.17, 15) is 18.0 Å². The molecule has 1 aliphatic carbocycles. The van der Waals surface area contributed by atoms with Crippen LogP contribution in [0.1, 0.15) is 53.8 Å². The van der Waals surface area contributed by atoms with E-state index >= 15 is 0 Å². The average molecular weight is 416 g/mol. The van der Waals surface area contributed by atoms with Crippen molar-refractivity contribution in [2.75, 3.05) is 13.2 Å². The number of carbonyl (C=O) groups excluding carboxylic acids is 1. The molecule has 28 heavy (non-hydrogen) atoms. The smallest absolute Gasteiger partial charge is 0.436 e. The van der Waals surface area contributed by atoms with Crippen LogP contribution in [0.4, 0.5) is 13.2 Å². The number of rotatable bonds is 8. The van der Waals surface area contributed by atoms with Crippen molar-refractivity contribution in [1.82, 2.24) is 15.1 Å². The fourth-order valence-electron chi connectivity index (χ4n) is 2.95. The number of benzene rings is 1. The van der Waals surface area contributed by atoms with Crippen molar-refractivity contribution in [1.29, 1.82) is 0 Å². The Morgan fingerprint density at radius 1 is 1.32 bits per heavy atom. The van der Waals surface area contributed by atoms with Crippen LogP contribution in [0.15, 0.2) is 24.3 Å². The standard InChI is InChI=1S/C19H21ClF3N3O2/c1-2-28-14-8-6-13(7-9-14)18(27)24-10-3-11-26-16(12-4-5-12)15(20)17(25-26)19(21,22)23/h6-9,12H,2-5,10-11H2,1H3,(H,24,27). The zero-order chi connectivity index (χ0) is 20.3. The maximum atomic E-state index is 13.1. The molecule has 1 N–H and O–H groups in total. The van der Waals surface area contributed by atoms with Crippen molar-refractivity contribution in [3.05, 3.63) is 46.2 Å². The summed E-state index contributed by atoms with van der Waals surface area (Å²) >= 11 is 5.94. The number of carbonyl (C=O) groups is 1. The van der Waals surface area contributed by atoms with Crippen LogP contribution in [-0.4, -0.2) is 28.8 Å². The van der Waals surface area contributed by atoms with Crippen LogP contribution in [0.25, 0.3) is 0 Å². The number of alkyl halides is 3. The molecule has 1 aromatic carbocycles. The van der Waals surface area contributed by atoms with Gasteiger partial charge < -0.3 is 10.1 Å². The highest BCUT2D eigenvalue weighted by molar-refractivity contribution is 6.32. The maximum absolute atomic E-state index is 13.1. The van der Waals surface area contributed by atoms with E-state index in [0.29, 0.717) is 36.6 Å². The van der Waals surface area contributed by atoms with Crippen molar-refractivity contribution in [3.63, 3.8) is 0 Å². The summed E-state index contributed by atoms with van der Waals surface area (Å²) < 4.78 is 45.8. The van der Waals surface area contributed by atoms with Crippen molar-refractivity contribution >= 4 is 17.5 Å². The van der Waals surface area contributed by atoms with Crippen LogP contribution < -0.4 is 10.1 Å². The first kappa shape index (κ1) is 20.5. The van der Waals surface area contributed by atoms with Gasteiger partial charge in [0.25, 0.3) is 5.91 Å². The lowest BCUT2D eigenvalue weighted by Crippen LogP contribution is -2.25. The lowest BCUT2D eigenvalue weighted by Gasteiger charge is -2.09. The molecule has 2 aromatic rings. The summed E-state index contributed by atoms with van der Waals surface area (Å²) in [6, 6.07) is 6.75. The third kappa shape index (κ3) is 4.79. The average Bonchev–Trinajstić information content (AvgIpc) is 3.41. The third-order valence-electron chi connectivity index (χ3n) is 4.42. The third-order valence-corrected chi connectivity index (χ3v) is 4.80. The van der Waals surface area contributed by atoms with Crippen molar-refractivity contribution in [2.45, 2.75) is 44.8 Å². The minimum Gasteiger partial charge on any atom is -0.494 e. The molecular formula is C19H21ClF3N3O2. The topological polar surface area (TPSA) is 56.1 Å². The Bertz CT molecular complexity index is 830. The van der Waals surface area contributed by atoms with Crippen LogP contribution in [0.3, 0.4) is 0 Å². The quantitative estimate of drug-likeness (QED) is 0.638. The fraction of sp³-hybridized carbons (Fsp3) is 0.474. The molecule has 5 nitrogen and oxygen atoms in total. The zero-order valence-corrected chi connectivity index (χ0v) is 16.1. The lowest BCUT2D eigenvalue weighted by atomic mass is 10.2. The van der Waals surface area contributed by atoms with Gasteiger partial charge >= 0.3 is 6.18 Å². The van der Waals surface area contributed by atoms with Gasteiger partial charge in [0.1, 0.15) is 5.75 Å². The van der Waals surface area contributed by atoms with Gasteiger partial charge in [-0.3, -0.25) is 9.48 Å². The molecule has 0 unspecified atom stereocenters. The van der Waals surface area contributed by atoms with Crippen molar-refractivity contribution in [3.8, 4) is 5.75 Å². The summed E-state index contributed by atoms with van der Waals surface area (Å²) in [4.78, 5) is 12.2. The normalized spacial score (nSPS) is 14.2. The van der Waals surface area contributed by atoms with E-state index in [1.807, 2.05) is 6.92 Å². The number of amides is 1. The predicted octanol–water partition coefficient (Wildman–Crippen LogP) is 4.65. The summed E-state index contributed by atoms with van der Waals surface area (Å²) in [5.74, 6) is 0.470. The highest BCUT2D eigenvalue weighted by Crippen LogP contribution is 2.46. The molecule has 9 heteroatoms. The molecule has 0 atom stereocenters. The second-order valence-corrected chi connectivity index (χ2v) is 6.99. The van der Waals surface area contributed by atoms with E-state index in [1.54, 1.807) is 24.3 Å². The Balaban J connectivity index is 1.56. The van der Waals surface area contributed by atoms with Crippen LogP contribution in [0, 0.1) is 0 Å². The number of ether oxygens (including phenoxy) is 1. The first-order valence-electron chi connectivity index (χ1n) is 9.15. The van der Waals surface area contributed by atoms with Crippen LogP contribution in [0.5, 0.6) is 5.75 Å². The second kappa shape index (κ2) is 8.43. The molecular weight excluding hydrogens is 395 g/mol. The molecule has 1 aliphatic rings. The number of hydrogen-bond donors (Lipinski definition) is 1. The summed E-state index contributed by atoms with van der Waals surface area (Å²) in [5, 5.41) is 6.14. The number of aromatic nitrogens is 2. The number of halogens is 4. The Morgan fingerprint density at radius 2 is 2.00 bits per heavy atom. The minimum atomic E-state index is -4.58. The van der Waals surface area contributed by atoms with Crippen molar-refractivity contribution in [2.24, 2.45) is 0 Å². The first-order chi connectivity index (χ1) is 13.3. The Morgan fingerprint density at radius 3 is 2.57 bits per heavy atom. The van der Waals surface area contributed by atoms with E-state index < -0.39 is 11.9 Å². The number of nitrogens with one attached hydrogen (secondary N) is 1. The van der Waals surface area contributed by atoms with Gasteiger partial charge in [0.2, 0.25) is 0 Å². The first-order valence-corrected chi connectivity index (χ1v) is 9.53. The van der Waals surface area contributed by atoms with Gasteiger partial charge in [-0.2, -0.15) is 18.3 Å². The highest BCUT2D eigenvalue weighted by Gasteiger charge is 2.41. The molecule has 152 valence electrons. The van der Waals surface area contributed by atoms with Crippen LogP contribution in [0.2, 0.25) is 5.02 Å². The van der Waals surface area contributed by atoms with E-state index in [-0.39, 0.29) is 23.4 Å². The second-order valence-electron chi connectivity index (χ2n) is 6.61. The molecule has 0 aliphatic heterocycles. The fourth-order valence-corrected chi connectivity index (χ4v) is 3.35. The number of hydrogen-bond acceptors (Lipinski definition) is 3. The molecule has 1 heterocycles. The molecule has 1 amide bonds. The summed E-state index contributed by atoms with van der Waals surface area (Å²) in [6.07, 6.45) is -2.50. The number of nitrogens with zero attached hydrogens (tertiary/aromatic N) is 2. The van der Waals surface area contributed by atoms with Crippen molar-refractivity contribution < 1.29 is 22.7 Å². The predicted molar refractivity (Wildman–Crippen MR) is 98.8 cm³/mol. The van der Waals surface area contributed by atoms with Gasteiger partial charge in [0.15, 0.2) is 5.69 Å². The van der Waals surface area contributed by atoms with E-state index in [0.717, 1.165) is 12.8 Å². The van der Waals surface area contributed by atoms with Gasteiger partial charge in [-0.15, -0.1) is 0 Å². The maximum Gasteiger partial charge on any atom is 0.436 e. The van der Waals surface area contributed by atoms with E-state index in [1.165, 1.54) is 4.68 Å². The SMILES string of the molecule is CCOc1ccc(C(=O)NCCCn2nc(C(F)(F)F)c(Cl)c2C2CC2)cc1. The van der Waals surface area contributed by atoms with E-state index in [2.05, 4.69) is 10.4 Å². The van der Waals surface area contributed by atoms with Gasteiger partial charge in [0, 0.05) is 24.6 Å². The molecule has 0 radical (unpaired) electrons. The number of aryl methyl sites for hydroxylation is 1. The molecule has 0 spiro atoms. The molecule has 1 fully saturated rings. The molecule has 0 bridgehead atoms. The van der Waals surface area contributed by atoms with Gasteiger partial charge in [-0.1, -0.05) is 11.6 Å². The van der Waals surface area contributed by atoms with Gasteiger partial charge in [-0.05, 0) is 50.5 Å². The van der Waals surface area contributed by atoms with Crippen LogP contribution in [-0.2, 0) is 12.7 Å². The highest BCUT2D eigenvalue weighted by atomic mass is 35.5. The van der Waals surface area contributed by atoms with Gasteiger partial charge in [0.05, 0.1) is 17.3 Å². The van der Waals surface area contributed by atoms with Crippen LogP contribution >= 0.6 is 11.6 Å². The lowest BCUT2D eigenvalue weighted by molar-refractivity contribution is -0.141. The monoisotopic (exact) mass is 415 g/mol. The zero-order valence-electron chi connectivity index (χ0n) is 15.4. The summed E-state index contributed by atoms with van der Waals surface area (Å²) in [7, 11) is 0. The molecule has 0 saturated heterocycles. The Kier molecular flexibility index (Phi) is 6.17. The Hall–Kier alpha value is -2.22. The van der Waals surface area contributed by atoms with E-state index in [4.69, 9.17) is 16.3 Å². The Labute approximate surface area is 165 Å². The largest absolute Gasteiger partial charge is 0.494 e. The van der Waals surface area contributed by atoms with Gasteiger partial charge in [-0.25, -0.2) is 0 Å². The summed E-state index contributed by atoms with van der Waals surface area (Å²) in [6.45, 7) is 2.99. The minimum absolute atomic E-state index is 0.0366. The molecule has 3 rings (SSSR count). The summed E-state index contributed by atoms with van der Waals surface area (Å²) in [5.41, 5.74) is -0.0927. The molecule has 1 saturated carbocycles.